The molecule has 2 aromatic carbocycles. The van der Waals surface area contributed by atoms with Crippen LogP contribution < -0.4 is 15.0 Å². The van der Waals surface area contributed by atoms with Gasteiger partial charge in [-0.25, -0.2) is 18.4 Å². The summed E-state index contributed by atoms with van der Waals surface area (Å²) in [5.41, 5.74) is 0.298. The lowest BCUT2D eigenvalue weighted by atomic mass is 9.89. The second kappa shape index (κ2) is 7.10. The maximum Gasteiger partial charge on any atom is 0.337 e. The molecule has 0 unspecified atom stereocenters. The molecular formula is C20H20F2N2O4. The van der Waals surface area contributed by atoms with Gasteiger partial charge in [0.15, 0.2) is 0 Å². The van der Waals surface area contributed by atoms with Crippen molar-refractivity contribution < 1.29 is 27.8 Å². The second-order valence-electron chi connectivity index (χ2n) is 6.93. The number of hydrogen-bond donors (Lipinski definition) is 1. The third-order valence-corrected chi connectivity index (χ3v) is 4.71. The van der Waals surface area contributed by atoms with Crippen LogP contribution in [0, 0.1) is 11.6 Å². The van der Waals surface area contributed by atoms with E-state index in [1.165, 1.54) is 25.2 Å². The van der Waals surface area contributed by atoms with E-state index in [-0.39, 0.29) is 23.4 Å². The van der Waals surface area contributed by atoms with E-state index >= 15 is 0 Å². The van der Waals surface area contributed by atoms with Crippen LogP contribution in [0.2, 0.25) is 0 Å². The molecule has 0 bridgehead atoms. The summed E-state index contributed by atoms with van der Waals surface area (Å²) in [6.07, 6.45) is 0. The smallest absolute Gasteiger partial charge is 0.337 e. The fraction of sp³-hybridized carbons (Fsp3) is 0.300. The van der Waals surface area contributed by atoms with Crippen molar-refractivity contribution in [3.8, 4) is 5.75 Å². The molecule has 0 spiro atoms. The van der Waals surface area contributed by atoms with Gasteiger partial charge in [-0.2, -0.15) is 0 Å². The standard InChI is InChI=1S/C20H20F2N2O4/c1-20(2)14-6-5-11(18(25)28-4)7-17(14)24(19(26)23-20)10-13-15(21)8-12(27-3)9-16(13)22/h5-9H,10H2,1-4H3,(H,23,26). The Hall–Kier alpha value is -3.16. The predicted molar refractivity (Wildman–Crippen MR) is 98.4 cm³/mol. The Morgan fingerprint density at radius 2 is 1.79 bits per heavy atom. The Labute approximate surface area is 161 Å². The lowest BCUT2D eigenvalue weighted by molar-refractivity contribution is 0.0600. The largest absolute Gasteiger partial charge is 0.497 e. The molecule has 6 nitrogen and oxygen atoms in total. The van der Waals surface area contributed by atoms with Crippen molar-refractivity contribution in [3.63, 3.8) is 0 Å². The van der Waals surface area contributed by atoms with Crippen molar-refractivity contribution in [2.45, 2.75) is 25.9 Å². The Morgan fingerprint density at radius 1 is 1.14 bits per heavy atom. The number of carbonyl (C=O) groups is 2. The normalized spacial score (nSPS) is 14.9. The molecular weight excluding hydrogens is 370 g/mol. The minimum absolute atomic E-state index is 0.0383. The van der Waals surface area contributed by atoms with Gasteiger partial charge in [0.05, 0.1) is 37.6 Å². The average Bonchev–Trinajstić information content (AvgIpc) is 2.65. The minimum atomic E-state index is -0.833. The summed E-state index contributed by atoms with van der Waals surface area (Å²) in [7, 11) is 2.55. The minimum Gasteiger partial charge on any atom is -0.497 e. The molecule has 28 heavy (non-hydrogen) atoms. The van der Waals surface area contributed by atoms with E-state index in [1.54, 1.807) is 26.0 Å². The molecule has 0 saturated carbocycles. The van der Waals surface area contributed by atoms with Gasteiger partial charge < -0.3 is 14.8 Å². The van der Waals surface area contributed by atoms with Gasteiger partial charge in [-0.15, -0.1) is 0 Å². The highest BCUT2D eigenvalue weighted by atomic mass is 19.1. The molecule has 1 aliphatic rings. The Morgan fingerprint density at radius 3 is 2.36 bits per heavy atom. The Bertz CT molecular complexity index is 936. The molecule has 1 N–H and O–H groups in total. The lowest BCUT2D eigenvalue weighted by Crippen LogP contribution is -2.53. The molecule has 1 heterocycles. The monoisotopic (exact) mass is 390 g/mol. The highest BCUT2D eigenvalue weighted by molar-refractivity contribution is 5.98. The number of benzene rings is 2. The summed E-state index contributed by atoms with van der Waals surface area (Å²) in [4.78, 5) is 25.8. The van der Waals surface area contributed by atoms with Crippen LogP contribution in [0.4, 0.5) is 19.3 Å². The van der Waals surface area contributed by atoms with E-state index in [9.17, 15) is 18.4 Å². The van der Waals surface area contributed by atoms with Crippen LogP contribution in [0.15, 0.2) is 30.3 Å². The molecule has 1 aliphatic heterocycles. The molecule has 3 rings (SSSR count). The quantitative estimate of drug-likeness (QED) is 0.808. The first-order valence-corrected chi connectivity index (χ1v) is 8.52. The molecule has 0 atom stereocenters. The Kier molecular flexibility index (Phi) is 4.97. The van der Waals surface area contributed by atoms with E-state index in [0.717, 1.165) is 12.1 Å². The number of hydrogen-bond acceptors (Lipinski definition) is 4. The van der Waals surface area contributed by atoms with Crippen molar-refractivity contribution in [1.29, 1.82) is 0 Å². The number of rotatable bonds is 4. The van der Waals surface area contributed by atoms with Gasteiger partial charge in [0.25, 0.3) is 0 Å². The zero-order valence-corrected chi connectivity index (χ0v) is 15.9. The number of fused-ring (bicyclic) bond motifs is 1. The number of ether oxygens (including phenoxy) is 2. The molecule has 0 saturated heterocycles. The molecule has 148 valence electrons. The molecule has 2 aromatic rings. The fourth-order valence-corrected chi connectivity index (χ4v) is 3.20. The van der Waals surface area contributed by atoms with Gasteiger partial charge in [-0.3, -0.25) is 4.90 Å². The van der Waals surface area contributed by atoms with Crippen LogP contribution in [0.1, 0.15) is 35.3 Å². The number of carbonyl (C=O) groups excluding carboxylic acids is 2. The molecule has 0 aliphatic carbocycles. The van der Waals surface area contributed by atoms with Crippen molar-refractivity contribution in [3.05, 3.63) is 58.7 Å². The van der Waals surface area contributed by atoms with Crippen LogP contribution in [-0.4, -0.2) is 26.2 Å². The number of nitrogens with one attached hydrogen (secondary N) is 1. The van der Waals surface area contributed by atoms with Gasteiger partial charge in [-0.1, -0.05) is 6.07 Å². The number of nitrogens with zero attached hydrogens (tertiary/aromatic N) is 1. The summed E-state index contributed by atoms with van der Waals surface area (Å²) in [5.74, 6) is -2.20. The highest BCUT2D eigenvalue weighted by Gasteiger charge is 2.37. The summed E-state index contributed by atoms with van der Waals surface area (Å²) in [5, 5.41) is 2.81. The number of halogens is 2. The van der Waals surface area contributed by atoms with E-state index < -0.39 is 29.2 Å². The second-order valence-corrected chi connectivity index (χ2v) is 6.93. The van der Waals surface area contributed by atoms with Crippen molar-refractivity contribution >= 4 is 17.7 Å². The molecule has 0 fully saturated rings. The van der Waals surface area contributed by atoms with E-state index in [4.69, 9.17) is 9.47 Å². The van der Waals surface area contributed by atoms with Crippen LogP contribution in [0.25, 0.3) is 0 Å². The van der Waals surface area contributed by atoms with Gasteiger partial charge in [0, 0.05) is 23.3 Å². The third-order valence-electron chi connectivity index (χ3n) is 4.71. The molecule has 0 radical (unpaired) electrons. The first kappa shape index (κ1) is 19.6. The van der Waals surface area contributed by atoms with Crippen LogP contribution in [-0.2, 0) is 16.8 Å². The zero-order valence-electron chi connectivity index (χ0n) is 15.9. The summed E-state index contributed by atoms with van der Waals surface area (Å²) in [6, 6.07) is 6.33. The maximum absolute atomic E-state index is 14.4. The van der Waals surface area contributed by atoms with Gasteiger partial charge in [-0.05, 0) is 26.0 Å². The molecule has 8 heteroatoms. The Balaban J connectivity index is 2.10. The first-order valence-electron chi connectivity index (χ1n) is 8.52. The molecule has 0 aromatic heterocycles. The number of methoxy groups -OCH3 is 2. The van der Waals surface area contributed by atoms with E-state index in [1.807, 2.05) is 0 Å². The number of esters is 1. The van der Waals surface area contributed by atoms with E-state index in [2.05, 4.69) is 5.32 Å². The third kappa shape index (κ3) is 3.37. The van der Waals surface area contributed by atoms with Gasteiger partial charge >= 0.3 is 12.0 Å². The van der Waals surface area contributed by atoms with Crippen molar-refractivity contribution in [2.75, 3.05) is 19.1 Å². The average molecular weight is 390 g/mol. The summed E-state index contributed by atoms with van der Waals surface area (Å²) >= 11 is 0. The van der Waals surface area contributed by atoms with Gasteiger partial charge in [0.1, 0.15) is 17.4 Å². The fourth-order valence-electron chi connectivity index (χ4n) is 3.20. The lowest BCUT2D eigenvalue weighted by Gasteiger charge is -2.40. The van der Waals surface area contributed by atoms with Crippen LogP contribution in [0.5, 0.6) is 5.75 Å². The summed E-state index contributed by atoms with van der Waals surface area (Å²) < 4.78 is 38.4. The SMILES string of the molecule is COC(=O)c1ccc2c(c1)N(Cc1c(F)cc(OC)cc1F)C(=O)NC2(C)C. The molecule has 2 amide bonds. The van der Waals surface area contributed by atoms with Gasteiger partial charge in [0.2, 0.25) is 0 Å². The zero-order chi connectivity index (χ0) is 20.6. The predicted octanol–water partition coefficient (Wildman–Crippen LogP) is 3.72. The number of anilines is 1. The topological polar surface area (TPSA) is 67.9 Å². The van der Waals surface area contributed by atoms with Crippen LogP contribution in [0.3, 0.4) is 0 Å². The van der Waals surface area contributed by atoms with E-state index in [0.29, 0.717) is 11.3 Å². The summed E-state index contributed by atoms with van der Waals surface area (Å²) in [6.45, 7) is 3.24. The van der Waals surface area contributed by atoms with Crippen molar-refractivity contribution in [1.82, 2.24) is 5.32 Å². The van der Waals surface area contributed by atoms with Crippen molar-refractivity contribution in [2.24, 2.45) is 0 Å². The maximum atomic E-state index is 14.4. The number of urea groups is 1. The highest BCUT2D eigenvalue weighted by Crippen LogP contribution is 2.37. The number of amides is 2. The van der Waals surface area contributed by atoms with Crippen LogP contribution >= 0.6 is 0 Å². The first-order chi connectivity index (χ1) is 13.2.